The van der Waals surface area contributed by atoms with E-state index >= 15 is 0 Å². The number of aromatic nitrogens is 2. The first-order valence-electron chi connectivity index (χ1n) is 8.60. The fraction of sp³-hybridized carbons (Fsp3) is 0.250. The maximum Gasteiger partial charge on any atom is 0.169 e. The van der Waals surface area contributed by atoms with Crippen LogP contribution < -0.4 is 10.1 Å². The SMILES string of the molecule is CC(=O)c1ccc(-c2cccc(Nc3cc(OCCN(C)C)ccn3)n2)s1. The van der Waals surface area contributed by atoms with E-state index in [-0.39, 0.29) is 5.78 Å². The molecule has 0 aliphatic heterocycles. The van der Waals surface area contributed by atoms with Gasteiger partial charge in [-0.05, 0) is 51.4 Å². The predicted octanol–water partition coefficient (Wildman–Crippen LogP) is 4.09. The molecule has 0 atom stereocenters. The molecule has 3 heterocycles. The molecule has 3 aromatic rings. The molecule has 140 valence electrons. The van der Waals surface area contributed by atoms with Crippen molar-refractivity contribution in [2.24, 2.45) is 0 Å². The lowest BCUT2D eigenvalue weighted by Crippen LogP contribution is -2.19. The largest absolute Gasteiger partial charge is 0.492 e. The van der Waals surface area contributed by atoms with Gasteiger partial charge >= 0.3 is 0 Å². The van der Waals surface area contributed by atoms with Gasteiger partial charge in [-0.3, -0.25) is 4.79 Å². The molecule has 0 aromatic carbocycles. The Morgan fingerprint density at radius 2 is 2.04 bits per heavy atom. The number of ether oxygens (including phenoxy) is 1. The van der Waals surface area contributed by atoms with Gasteiger partial charge in [0.1, 0.15) is 24.0 Å². The summed E-state index contributed by atoms with van der Waals surface area (Å²) < 4.78 is 5.74. The van der Waals surface area contributed by atoms with Crippen molar-refractivity contribution in [1.82, 2.24) is 14.9 Å². The predicted molar refractivity (Wildman–Crippen MR) is 109 cm³/mol. The lowest BCUT2D eigenvalue weighted by atomic mass is 10.3. The van der Waals surface area contributed by atoms with E-state index in [0.717, 1.165) is 27.7 Å². The van der Waals surface area contributed by atoms with Crippen LogP contribution in [0, 0.1) is 0 Å². The van der Waals surface area contributed by atoms with Gasteiger partial charge in [0.15, 0.2) is 5.78 Å². The quantitative estimate of drug-likeness (QED) is 0.592. The summed E-state index contributed by atoms with van der Waals surface area (Å²) in [6, 6.07) is 13.2. The summed E-state index contributed by atoms with van der Waals surface area (Å²) >= 11 is 1.44. The van der Waals surface area contributed by atoms with Crippen LogP contribution in [0.15, 0.2) is 48.7 Å². The number of anilines is 2. The summed E-state index contributed by atoms with van der Waals surface area (Å²) in [5.41, 5.74) is 0.816. The summed E-state index contributed by atoms with van der Waals surface area (Å²) in [4.78, 5) is 24.2. The number of hydrogen-bond donors (Lipinski definition) is 1. The highest BCUT2D eigenvalue weighted by Gasteiger charge is 2.08. The number of nitrogens with one attached hydrogen (secondary N) is 1. The molecule has 0 amide bonds. The number of hydrogen-bond acceptors (Lipinski definition) is 7. The van der Waals surface area contributed by atoms with Crippen LogP contribution in [0.2, 0.25) is 0 Å². The fourth-order valence-electron chi connectivity index (χ4n) is 2.35. The number of carbonyl (C=O) groups is 1. The zero-order valence-corrected chi connectivity index (χ0v) is 16.4. The molecule has 0 saturated heterocycles. The van der Waals surface area contributed by atoms with Crippen molar-refractivity contribution in [3.8, 4) is 16.3 Å². The van der Waals surface area contributed by atoms with Gasteiger partial charge in [-0.1, -0.05) is 6.07 Å². The van der Waals surface area contributed by atoms with Crippen LogP contribution in [0.25, 0.3) is 10.6 Å². The molecule has 7 heteroatoms. The molecular weight excluding hydrogens is 360 g/mol. The Morgan fingerprint density at radius 3 is 2.78 bits per heavy atom. The lowest BCUT2D eigenvalue weighted by Gasteiger charge is -2.12. The first-order valence-corrected chi connectivity index (χ1v) is 9.42. The highest BCUT2D eigenvalue weighted by molar-refractivity contribution is 7.17. The third kappa shape index (κ3) is 5.35. The van der Waals surface area contributed by atoms with E-state index in [4.69, 9.17) is 4.74 Å². The van der Waals surface area contributed by atoms with Gasteiger partial charge in [0.2, 0.25) is 0 Å². The first-order chi connectivity index (χ1) is 13.0. The number of Topliss-reactive ketones (excluding diaryl/α,β-unsaturated/α-hetero) is 1. The first kappa shape index (κ1) is 19.0. The van der Waals surface area contributed by atoms with Gasteiger partial charge in [0.05, 0.1) is 15.4 Å². The van der Waals surface area contributed by atoms with Crippen LogP contribution in [0.3, 0.4) is 0 Å². The molecule has 0 spiro atoms. The standard InChI is InChI=1S/C20H22N4O2S/c1-14(25)17-7-8-18(27-17)16-5-4-6-19(22-16)23-20-13-15(9-10-21-20)26-12-11-24(2)3/h4-10,13H,11-12H2,1-3H3,(H,21,22,23). The fourth-order valence-corrected chi connectivity index (χ4v) is 3.22. The van der Waals surface area contributed by atoms with Gasteiger partial charge in [-0.25, -0.2) is 9.97 Å². The molecular formula is C20H22N4O2S. The monoisotopic (exact) mass is 382 g/mol. The second-order valence-corrected chi connectivity index (χ2v) is 7.37. The lowest BCUT2D eigenvalue weighted by molar-refractivity contribution is 0.102. The molecule has 6 nitrogen and oxygen atoms in total. The molecule has 0 fully saturated rings. The number of pyridine rings is 2. The average Bonchev–Trinajstić information content (AvgIpc) is 3.12. The molecule has 3 rings (SSSR count). The molecule has 0 saturated carbocycles. The Balaban J connectivity index is 1.71. The highest BCUT2D eigenvalue weighted by Crippen LogP contribution is 2.28. The number of rotatable bonds is 8. The number of likely N-dealkylation sites (N-methyl/N-ethyl adjacent to an activating group) is 1. The minimum absolute atomic E-state index is 0.0656. The molecule has 27 heavy (non-hydrogen) atoms. The minimum Gasteiger partial charge on any atom is -0.492 e. The summed E-state index contributed by atoms with van der Waals surface area (Å²) in [6.45, 7) is 3.03. The Hall–Kier alpha value is -2.77. The van der Waals surface area contributed by atoms with Gasteiger partial charge in [-0.15, -0.1) is 11.3 Å². The topological polar surface area (TPSA) is 67.3 Å². The highest BCUT2D eigenvalue weighted by atomic mass is 32.1. The molecule has 3 aromatic heterocycles. The normalized spacial score (nSPS) is 10.8. The number of carbonyl (C=O) groups excluding carboxylic acids is 1. The van der Waals surface area contributed by atoms with E-state index in [1.54, 1.807) is 13.1 Å². The Labute approximate surface area is 162 Å². The van der Waals surface area contributed by atoms with Crippen LogP contribution in [-0.2, 0) is 0 Å². The van der Waals surface area contributed by atoms with Crippen LogP contribution in [0.1, 0.15) is 16.6 Å². The van der Waals surface area contributed by atoms with E-state index in [0.29, 0.717) is 18.2 Å². The summed E-state index contributed by atoms with van der Waals surface area (Å²) in [6.07, 6.45) is 1.70. The van der Waals surface area contributed by atoms with Gasteiger partial charge in [-0.2, -0.15) is 0 Å². The smallest absolute Gasteiger partial charge is 0.169 e. The Bertz CT molecular complexity index is 924. The zero-order valence-electron chi connectivity index (χ0n) is 15.6. The van der Waals surface area contributed by atoms with Crippen molar-refractivity contribution in [3.63, 3.8) is 0 Å². The van der Waals surface area contributed by atoms with Crippen molar-refractivity contribution in [3.05, 3.63) is 53.5 Å². The van der Waals surface area contributed by atoms with E-state index < -0.39 is 0 Å². The van der Waals surface area contributed by atoms with Crippen LogP contribution >= 0.6 is 11.3 Å². The maximum absolute atomic E-state index is 11.5. The molecule has 0 aliphatic carbocycles. The van der Waals surface area contributed by atoms with E-state index in [1.165, 1.54) is 11.3 Å². The van der Waals surface area contributed by atoms with Crippen molar-refractivity contribution in [2.45, 2.75) is 6.92 Å². The van der Waals surface area contributed by atoms with Crippen LogP contribution in [0.4, 0.5) is 11.6 Å². The molecule has 0 aliphatic rings. The molecule has 0 radical (unpaired) electrons. The molecule has 1 N–H and O–H groups in total. The maximum atomic E-state index is 11.5. The van der Waals surface area contributed by atoms with E-state index in [1.807, 2.05) is 56.6 Å². The van der Waals surface area contributed by atoms with Crippen molar-refractivity contribution in [2.75, 3.05) is 32.6 Å². The van der Waals surface area contributed by atoms with Crippen LogP contribution in [0.5, 0.6) is 5.75 Å². The van der Waals surface area contributed by atoms with Crippen molar-refractivity contribution < 1.29 is 9.53 Å². The van der Waals surface area contributed by atoms with Gasteiger partial charge < -0.3 is 15.0 Å². The number of thiophene rings is 1. The number of ketones is 1. The average molecular weight is 382 g/mol. The molecule has 0 bridgehead atoms. The Kier molecular flexibility index (Phi) is 6.16. The second-order valence-electron chi connectivity index (χ2n) is 6.28. The number of nitrogens with zero attached hydrogens (tertiary/aromatic N) is 3. The second kappa shape index (κ2) is 8.75. The third-order valence-electron chi connectivity index (χ3n) is 3.75. The van der Waals surface area contributed by atoms with Crippen molar-refractivity contribution >= 4 is 28.8 Å². The zero-order chi connectivity index (χ0) is 19.2. The van der Waals surface area contributed by atoms with Crippen LogP contribution in [-0.4, -0.2) is 47.9 Å². The van der Waals surface area contributed by atoms with Gasteiger partial charge in [0.25, 0.3) is 0 Å². The van der Waals surface area contributed by atoms with E-state index in [2.05, 4.69) is 20.2 Å². The molecule has 0 unspecified atom stereocenters. The van der Waals surface area contributed by atoms with Gasteiger partial charge in [0, 0.05) is 18.8 Å². The minimum atomic E-state index is 0.0656. The third-order valence-corrected chi connectivity index (χ3v) is 4.96. The summed E-state index contributed by atoms with van der Waals surface area (Å²) in [5, 5.41) is 3.21. The summed E-state index contributed by atoms with van der Waals surface area (Å²) in [5.74, 6) is 2.17. The van der Waals surface area contributed by atoms with E-state index in [9.17, 15) is 4.79 Å². The Morgan fingerprint density at radius 1 is 1.19 bits per heavy atom. The summed E-state index contributed by atoms with van der Waals surface area (Å²) in [7, 11) is 4.02. The van der Waals surface area contributed by atoms with Crippen molar-refractivity contribution in [1.29, 1.82) is 0 Å².